The van der Waals surface area contributed by atoms with Crippen LogP contribution in [0.15, 0.2) is 53.1 Å². The standard InChI is InChI=1S/C20H20ClN3O3/c1-26-17-9-5-2-6-14(17)12-13-22-18(25)10-11-19-23-20(24-27-19)15-7-3-4-8-16(15)21/h2-9H,10-13H2,1H3,(H,22,25). The van der Waals surface area contributed by atoms with Gasteiger partial charge in [-0.05, 0) is 30.2 Å². The van der Waals surface area contributed by atoms with Gasteiger partial charge in [-0.1, -0.05) is 47.1 Å². The Bertz CT molecular complexity index is 911. The van der Waals surface area contributed by atoms with Crippen molar-refractivity contribution >= 4 is 17.5 Å². The smallest absolute Gasteiger partial charge is 0.227 e. The van der Waals surface area contributed by atoms with E-state index >= 15 is 0 Å². The van der Waals surface area contributed by atoms with E-state index in [1.165, 1.54) is 0 Å². The molecule has 0 aliphatic rings. The first kappa shape index (κ1) is 18.9. The number of hydrogen-bond acceptors (Lipinski definition) is 5. The summed E-state index contributed by atoms with van der Waals surface area (Å²) in [6, 6.07) is 15.0. The largest absolute Gasteiger partial charge is 0.496 e. The van der Waals surface area contributed by atoms with Crippen LogP contribution in [0.2, 0.25) is 5.02 Å². The van der Waals surface area contributed by atoms with Crippen molar-refractivity contribution in [3.63, 3.8) is 0 Å². The Morgan fingerprint density at radius 2 is 1.93 bits per heavy atom. The second-order valence-corrected chi connectivity index (χ2v) is 6.31. The number of halogens is 1. The van der Waals surface area contributed by atoms with Crippen LogP contribution in [0, 0.1) is 0 Å². The Labute approximate surface area is 162 Å². The fraction of sp³-hybridized carbons (Fsp3) is 0.250. The van der Waals surface area contributed by atoms with Gasteiger partial charge in [-0.3, -0.25) is 4.79 Å². The van der Waals surface area contributed by atoms with Crippen LogP contribution in [-0.2, 0) is 17.6 Å². The number of carbonyl (C=O) groups excluding carboxylic acids is 1. The molecule has 0 atom stereocenters. The van der Waals surface area contributed by atoms with E-state index < -0.39 is 0 Å². The van der Waals surface area contributed by atoms with E-state index in [9.17, 15) is 4.79 Å². The fourth-order valence-corrected chi connectivity index (χ4v) is 2.88. The van der Waals surface area contributed by atoms with Crippen molar-refractivity contribution in [1.82, 2.24) is 15.5 Å². The molecular weight excluding hydrogens is 366 g/mol. The van der Waals surface area contributed by atoms with Gasteiger partial charge in [0.15, 0.2) is 0 Å². The van der Waals surface area contributed by atoms with Crippen LogP contribution in [0.4, 0.5) is 0 Å². The van der Waals surface area contributed by atoms with E-state index in [4.69, 9.17) is 20.9 Å². The molecule has 6 nitrogen and oxygen atoms in total. The molecule has 0 bridgehead atoms. The first-order valence-electron chi connectivity index (χ1n) is 8.63. The number of carbonyl (C=O) groups is 1. The van der Waals surface area contributed by atoms with Crippen molar-refractivity contribution in [2.45, 2.75) is 19.3 Å². The third kappa shape index (κ3) is 5.08. The van der Waals surface area contributed by atoms with Crippen LogP contribution in [-0.4, -0.2) is 29.7 Å². The van der Waals surface area contributed by atoms with E-state index in [0.717, 1.165) is 11.3 Å². The van der Waals surface area contributed by atoms with E-state index in [1.54, 1.807) is 13.2 Å². The molecule has 7 heteroatoms. The van der Waals surface area contributed by atoms with Crippen molar-refractivity contribution < 1.29 is 14.1 Å². The zero-order valence-corrected chi connectivity index (χ0v) is 15.7. The molecule has 0 fully saturated rings. The number of benzene rings is 2. The molecule has 1 heterocycles. The zero-order valence-electron chi connectivity index (χ0n) is 14.9. The average molecular weight is 386 g/mol. The predicted octanol–water partition coefficient (Wildman–Crippen LogP) is 3.69. The molecule has 3 rings (SSSR count). The van der Waals surface area contributed by atoms with Gasteiger partial charge in [-0.15, -0.1) is 0 Å². The van der Waals surface area contributed by atoms with Crippen molar-refractivity contribution in [2.24, 2.45) is 0 Å². The van der Waals surface area contributed by atoms with Gasteiger partial charge in [0, 0.05) is 24.9 Å². The molecule has 1 aromatic heterocycles. The molecular formula is C20H20ClN3O3. The summed E-state index contributed by atoms with van der Waals surface area (Å²) in [5.74, 6) is 1.59. The van der Waals surface area contributed by atoms with Crippen LogP contribution < -0.4 is 10.1 Å². The molecule has 0 aliphatic carbocycles. The summed E-state index contributed by atoms with van der Waals surface area (Å²) in [5, 5.41) is 7.38. The minimum Gasteiger partial charge on any atom is -0.496 e. The number of ether oxygens (including phenoxy) is 1. The van der Waals surface area contributed by atoms with Gasteiger partial charge in [-0.25, -0.2) is 0 Å². The molecule has 3 aromatic rings. The molecule has 1 amide bonds. The summed E-state index contributed by atoms with van der Waals surface area (Å²) >= 11 is 6.13. The van der Waals surface area contributed by atoms with E-state index in [0.29, 0.717) is 41.7 Å². The predicted molar refractivity (Wildman–Crippen MR) is 103 cm³/mol. The summed E-state index contributed by atoms with van der Waals surface area (Å²) in [6.45, 7) is 0.536. The van der Waals surface area contributed by atoms with Crippen molar-refractivity contribution in [3.05, 3.63) is 65.0 Å². The van der Waals surface area contributed by atoms with Crippen molar-refractivity contribution in [3.8, 4) is 17.1 Å². The molecule has 0 saturated heterocycles. The number of aromatic nitrogens is 2. The highest BCUT2D eigenvalue weighted by Crippen LogP contribution is 2.25. The normalized spacial score (nSPS) is 10.6. The third-order valence-electron chi connectivity index (χ3n) is 4.06. The van der Waals surface area contributed by atoms with E-state index in [-0.39, 0.29) is 12.3 Å². The Kier molecular flexibility index (Phi) is 6.44. The summed E-state index contributed by atoms with van der Waals surface area (Å²) in [4.78, 5) is 16.3. The highest BCUT2D eigenvalue weighted by atomic mass is 35.5. The van der Waals surface area contributed by atoms with Gasteiger partial charge in [0.25, 0.3) is 0 Å². The first-order chi connectivity index (χ1) is 13.2. The molecule has 0 unspecified atom stereocenters. The summed E-state index contributed by atoms with van der Waals surface area (Å²) in [6.07, 6.45) is 1.35. The number of hydrogen-bond donors (Lipinski definition) is 1. The Hall–Kier alpha value is -2.86. The van der Waals surface area contributed by atoms with Gasteiger partial charge in [0.2, 0.25) is 17.6 Å². The average Bonchev–Trinajstić information content (AvgIpc) is 3.16. The van der Waals surface area contributed by atoms with E-state index in [2.05, 4.69) is 15.5 Å². The Morgan fingerprint density at radius 1 is 1.15 bits per heavy atom. The molecule has 0 spiro atoms. The number of rotatable bonds is 8. The van der Waals surface area contributed by atoms with Gasteiger partial charge in [0.1, 0.15) is 5.75 Å². The zero-order chi connectivity index (χ0) is 19.1. The SMILES string of the molecule is COc1ccccc1CCNC(=O)CCc1nc(-c2ccccc2Cl)no1. The number of aryl methyl sites for hydroxylation is 1. The number of para-hydroxylation sites is 1. The first-order valence-corrected chi connectivity index (χ1v) is 9.01. The highest BCUT2D eigenvalue weighted by molar-refractivity contribution is 6.33. The lowest BCUT2D eigenvalue weighted by Crippen LogP contribution is -2.26. The second kappa shape index (κ2) is 9.19. The molecule has 0 radical (unpaired) electrons. The molecule has 1 N–H and O–H groups in total. The maximum absolute atomic E-state index is 12.0. The number of methoxy groups -OCH3 is 1. The van der Waals surface area contributed by atoms with Crippen molar-refractivity contribution in [2.75, 3.05) is 13.7 Å². The minimum atomic E-state index is -0.0672. The maximum Gasteiger partial charge on any atom is 0.227 e. The summed E-state index contributed by atoms with van der Waals surface area (Å²) in [5.41, 5.74) is 1.76. The van der Waals surface area contributed by atoms with Gasteiger partial charge in [0.05, 0.1) is 12.1 Å². The molecule has 140 valence electrons. The molecule has 0 aliphatic heterocycles. The molecule has 0 saturated carbocycles. The summed E-state index contributed by atoms with van der Waals surface area (Å²) in [7, 11) is 1.64. The van der Waals surface area contributed by atoms with Crippen LogP contribution >= 0.6 is 11.6 Å². The van der Waals surface area contributed by atoms with Crippen LogP contribution in [0.1, 0.15) is 17.9 Å². The summed E-state index contributed by atoms with van der Waals surface area (Å²) < 4.78 is 10.5. The number of nitrogens with one attached hydrogen (secondary N) is 1. The second-order valence-electron chi connectivity index (χ2n) is 5.90. The Morgan fingerprint density at radius 3 is 2.74 bits per heavy atom. The fourth-order valence-electron chi connectivity index (χ4n) is 2.66. The third-order valence-corrected chi connectivity index (χ3v) is 4.39. The van der Waals surface area contributed by atoms with Gasteiger partial charge in [-0.2, -0.15) is 4.98 Å². The molecule has 2 aromatic carbocycles. The number of nitrogens with zero attached hydrogens (tertiary/aromatic N) is 2. The van der Waals surface area contributed by atoms with E-state index in [1.807, 2.05) is 42.5 Å². The maximum atomic E-state index is 12.0. The van der Waals surface area contributed by atoms with Gasteiger partial charge >= 0.3 is 0 Å². The number of amides is 1. The van der Waals surface area contributed by atoms with Crippen molar-refractivity contribution in [1.29, 1.82) is 0 Å². The van der Waals surface area contributed by atoms with Crippen LogP contribution in [0.25, 0.3) is 11.4 Å². The van der Waals surface area contributed by atoms with Gasteiger partial charge < -0.3 is 14.6 Å². The highest BCUT2D eigenvalue weighted by Gasteiger charge is 2.12. The monoisotopic (exact) mass is 385 g/mol. The topological polar surface area (TPSA) is 77.2 Å². The lowest BCUT2D eigenvalue weighted by Gasteiger charge is -2.08. The minimum absolute atomic E-state index is 0.0672. The lowest BCUT2D eigenvalue weighted by molar-refractivity contribution is -0.121. The quantitative estimate of drug-likeness (QED) is 0.639. The van der Waals surface area contributed by atoms with Crippen LogP contribution in [0.5, 0.6) is 5.75 Å². The lowest BCUT2D eigenvalue weighted by atomic mass is 10.1. The molecule has 27 heavy (non-hydrogen) atoms. The van der Waals surface area contributed by atoms with Crippen LogP contribution in [0.3, 0.4) is 0 Å². The Balaban J connectivity index is 1.46.